The molecule has 4 rings (SSSR count). The Morgan fingerprint density at radius 1 is 1.14 bits per heavy atom. The van der Waals surface area contributed by atoms with Crippen molar-refractivity contribution in [2.45, 2.75) is 19.3 Å². The van der Waals surface area contributed by atoms with Gasteiger partial charge in [0.2, 0.25) is 5.91 Å². The normalized spacial score (nSPS) is 15.5. The Balaban J connectivity index is 1.70. The van der Waals surface area contributed by atoms with Gasteiger partial charge in [0, 0.05) is 18.0 Å². The third kappa shape index (κ3) is 3.39. The topological polar surface area (TPSA) is 67.4 Å². The fourth-order valence-corrected chi connectivity index (χ4v) is 4.73. The standard InChI is InChI=1S/C22H20N2O3S/c1-13-19-17(14-8-10-16(27-2)11-9-14)12-18(25)24-22(19)28-20(13)21(26)23-15-6-4-3-5-7-15/h3-11,17H,12H2,1-2H3,(H,23,26)(H,24,25)/t17-/m0/s1. The highest BCUT2D eigenvalue weighted by atomic mass is 32.1. The van der Waals surface area contributed by atoms with Crippen molar-refractivity contribution in [1.82, 2.24) is 0 Å². The smallest absolute Gasteiger partial charge is 0.266 e. The summed E-state index contributed by atoms with van der Waals surface area (Å²) in [6.45, 7) is 1.95. The van der Waals surface area contributed by atoms with Crippen molar-refractivity contribution in [1.29, 1.82) is 0 Å². The first-order valence-electron chi connectivity index (χ1n) is 9.00. The maximum absolute atomic E-state index is 12.8. The molecule has 6 heteroatoms. The largest absolute Gasteiger partial charge is 0.497 e. The van der Waals surface area contributed by atoms with Crippen molar-refractivity contribution in [3.63, 3.8) is 0 Å². The molecule has 2 heterocycles. The summed E-state index contributed by atoms with van der Waals surface area (Å²) in [4.78, 5) is 25.7. The van der Waals surface area contributed by atoms with E-state index in [1.165, 1.54) is 11.3 Å². The molecule has 1 aliphatic rings. The maximum atomic E-state index is 12.8. The molecule has 5 nitrogen and oxygen atoms in total. The lowest BCUT2D eigenvalue weighted by atomic mass is 9.85. The Labute approximate surface area is 167 Å². The van der Waals surface area contributed by atoms with Crippen molar-refractivity contribution < 1.29 is 14.3 Å². The minimum Gasteiger partial charge on any atom is -0.497 e. The zero-order chi connectivity index (χ0) is 19.7. The molecule has 142 valence electrons. The number of para-hydroxylation sites is 1. The van der Waals surface area contributed by atoms with Crippen molar-refractivity contribution in [3.05, 3.63) is 76.2 Å². The Morgan fingerprint density at radius 2 is 1.86 bits per heavy atom. The highest BCUT2D eigenvalue weighted by molar-refractivity contribution is 7.18. The predicted molar refractivity (Wildman–Crippen MR) is 112 cm³/mol. The van der Waals surface area contributed by atoms with Crippen LogP contribution in [0.2, 0.25) is 0 Å². The molecule has 3 aromatic rings. The van der Waals surface area contributed by atoms with E-state index in [9.17, 15) is 9.59 Å². The summed E-state index contributed by atoms with van der Waals surface area (Å²) in [5.41, 5.74) is 3.71. The summed E-state index contributed by atoms with van der Waals surface area (Å²) >= 11 is 1.33. The molecule has 0 unspecified atom stereocenters. The lowest BCUT2D eigenvalue weighted by Crippen LogP contribution is -2.22. The summed E-state index contributed by atoms with van der Waals surface area (Å²) in [6, 6.07) is 17.1. The Bertz CT molecular complexity index is 1030. The van der Waals surface area contributed by atoms with E-state index >= 15 is 0 Å². The van der Waals surface area contributed by atoms with E-state index < -0.39 is 0 Å². The number of fused-ring (bicyclic) bond motifs is 1. The van der Waals surface area contributed by atoms with E-state index in [4.69, 9.17) is 4.74 Å². The van der Waals surface area contributed by atoms with Crippen molar-refractivity contribution in [2.75, 3.05) is 17.7 Å². The molecule has 2 aromatic carbocycles. The Morgan fingerprint density at radius 3 is 2.54 bits per heavy atom. The third-order valence-corrected chi connectivity index (χ3v) is 6.16. The van der Waals surface area contributed by atoms with Gasteiger partial charge >= 0.3 is 0 Å². The molecule has 0 radical (unpaired) electrons. The number of hydrogen-bond donors (Lipinski definition) is 2. The molecule has 2 amide bonds. The summed E-state index contributed by atoms with van der Waals surface area (Å²) in [7, 11) is 1.63. The van der Waals surface area contributed by atoms with Crippen LogP contribution in [0.1, 0.15) is 38.7 Å². The van der Waals surface area contributed by atoms with Gasteiger partial charge in [0.15, 0.2) is 0 Å². The van der Waals surface area contributed by atoms with Crippen molar-refractivity contribution >= 4 is 33.8 Å². The number of hydrogen-bond acceptors (Lipinski definition) is 4. The number of carbonyl (C=O) groups is 2. The van der Waals surface area contributed by atoms with Crippen LogP contribution in [0.15, 0.2) is 54.6 Å². The van der Waals surface area contributed by atoms with Crippen LogP contribution in [0.5, 0.6) is 5.75 Å². The molecule has 1 atom stereocenters. The molecule has 0 saturated carbocycles. The predicted octanol–water partition coefficient (Wildman–Crippen LogP) is 4.79. The third-order valence-electron chi connectivity index (χ3n) is 4.94. The van der Waals surface area contributed by atoms with Crippen LogP contribution in [0.3, 0.4) is 0 Å². The molecule has 28 heavy (non-hydrogen) atoms. The van der Waals surface area contributed by atoms with E-state index in [0.717, 1.165) is 33.1 Å². The number of methoxy groups -OCH3 is 1. The van der Waals surface area contributed by atoms with Gasteiger partial charge in [-0.2, -0.15) is 0 Å². The van der Waals surface area contributed by atoms with Gasteiger partial charge in [-0.25, -0.2) is 0 Å². The first-order valence-corrected chi connectivity index (χ1v) is 9.82. The average Bonchev–Trinajstić information content (AvgIpc) is 3.04. The maximum Gasteiger partial charge on any atom is 0.266 e. The number of rotatable bonds is 4. The Kier molecular flexibility index (Phi) is 4.88. The second-order valence-corrected chi connectivity index (χ2v) is 7.72. The second-order valence-electron chi connectivity index (χ2n) is 6.70. The summed E-state index contributed by atoms with van der Waals surface area (Å²) in [5, 5.41) is 6.63. The molecular formula is C22H20N2O3S. The van der Waals surface area contributed by atoms with E-state index in [0.29, 0.717) is 11.3 Å². The lowest BCUT2D eigenvalue weighted by Gasteiger charge is -2.24. The molecule has 0 spiro atoms. The second kappa shape index (κ2) is 7.48. The monoisotopic (exact) mass is 392 g/mol. The van der Waals surface area contributed by atoms with Crippen LogP contribution in [0, 0.1) is 6.92 Å². The number of benzene rings is 2. The molecule has 2 N–H and O–H groups in total. The summed E-state index contributed by atoms with van der Waals surface area (Å²) in [5.74, 6) is 0.494. The van der Waals surface area contributed by atoms with Gasteiger partial charge < -0.3 is 15.4 Å². The SMILES string of the molecule is COc1ccc([C@@H]2CC(=O)Nc3sc(C(=O)Nc4ccccc4)c(C)c32)cc1. The zero-order valence-corrected chi connectivity index (χ0v) is 16.4. The van der Waals surface area contributed by atoms with E-state index in [2.05, 4.69) is 10.6 Å². The van der Waals surface area contributed by atoms with Gasteiger partial charge in [0.25, 0.3) is 5.91 Å². The fraction of sp³-hybridized carbons (Fsp3) is 0.182. The van der Waals surface area contributed by atoms with Crippen LogP contribution in [-0.4, -0.2) is 18.9 Å². The number of carbonyl (C=O) groups excluding carboxylic acids is 2. The molecule has 0 bridgehead atoms. The minimum atomic E-state index is -0.161. The number of anilines is 2. The molecule has 1 aromatic heterocycles. The van der Waals surface area contributed by atoms with E-state index in [1.807, 2.05) is 61.5 Å². The van der Waals surface area contributed by atoms with Gasteiger partial charge in [0.1, 0.15) is 5.75 Å². The van der Waals surface area contributed by atoms with Gasteiger partial charge in [-0.3, -0.25) is 9.59 Å². The molecular weight excluding hydrogens is 372 g/mol. The minimum absolute atomic E-state index is 0.0374. The first-order chi connectivity index (χ1) is 13.6. The quantitative estimate of drug-likeness (QED) is 0.671. The Hall–Kier alpha value is -3.12. The van der Waals surface area contributed by atoms with Gasteiger partial charge in [-0.1, -0.05) is 30.3 Å². The molecule has 0 fully saturated rings. The average molecular weight is 392 g/mol. The van der Waals surface area contributed by atoms with E-state index in [-0.39, 0.29) is 17.7 Å². The van der Waals surface area contributed by atoms with Crippen LogP contribution < -0.4 is 15.4 Å². The van der Waals surface area contributed by atoms with Crippen LogP contribution >= 0.6 is 11.3 Å². The van der Waals surface area contributed by atoms with Crippen LogP contribution in [0.4, 0.5) is 10.7 Å². The summed E-state index contributed by atoms with van der Waals surface area (Å²) < 4.78 is 5.23. The molecule has 1 aliphatic heterocycles. The van der Waals surface area contributed by atoms with Crippen LogP contribution in [-0.2, 0) is 4.79 Å². The van der Waals surface area contributed by atoms with Gasteiger partial charge in [-0.05, 0) is 47.9 Å². The zero-order valence-electron chi connectivity index (χ0n) is 15.6. The fourth-order valence-electron chi connectivity index (χ4n) is 3.55. The highest BCUT2D eigenvalue weighted by Crippen LogP contribution is 2.45. The van der Waals surface area contributed by atoms with E-state index in [1.54, 1.807) is 7.11 Å². The van der Waals surface area contributed by atoms with Crippen molar-refractivity contribution in [2.24, 2.45) is 0 Å². The lowest BCUT2D eigenvalue weighted by molar-refractivity contribution is -0.116. The van der Waals surface area contributed by atoms with Crippen LogP contribution in [0.25, 0.3) is 0 Å². The van der Waals surface area contributed by atoms with Gasteiger partial charge in [0.05, 0.1) is 17.0 Å². The molecule has 0 aliphatic carbocycles. The highest BCUT2D eigenvalue weighted by Gasteiger charge is 2.32. The van der Waals surface area contributed by atoms with Crippen molar-refractivity contribution in [3.8, 4) is 5.75 Å². The summed E-state index contributed by atoms with van der Waals surface area (Å²) in [6.07, 6.45) is 0.358. The number of thiophene rings is 1. The first kappa shape index (κ1) is 18.3. The molecule has 0 saturated heterocycles. The number of nitrogens with one attached hydrogen (secondary N) is 2. The number of ether oxygens (including phenoxy) is 1. The number of amides is 2. The van der Waals surface area contributed by atoms with Gasteiger partial charge in [-0.15, -0.1) is 11.3 Å².